The van der Waals surface area contributed by atoms with Crippen molar-refractivity contribution in [2.75, 3.05) is 5.32 Å². The fourth-order valence-electron chi connectivity index (χ4n) is 1.87. The maximum atomic E-state index is 12.3. The summed E-state index contributed by atoms with van der Waals surface area (Å²) in [5.41, 5.74) is 1.52. The zero-order valence-corrected chi connectivity index (χ0v) is 14.0. The molecule has 7 heteroatoms. The second-order valence-electron chi connectivity index (χ2n) is 4.54. The van der Waals surface area contributed by atoms with Crippen molar-refractivity contribution in [2.24, 2.45) is 0 Å². The van der Waals surface area contributed by atoms with E-state index in [2.05, 4.69) is 15.3 Å². The summed E-state index contributed by atoms with van der Waals surface area (Å²) < 4.78 is 1.00. The predicted octanol–water partition coefficient (Wildman–Crippen LogP) is 4.46. The number of anilines is 1. The third-order valence-corrected chi connectivity index (χ3v) is 5.47. The number of hydrogen-bond donors (Lipinski definition) is 1. The van der Waals surface area contributed by atoms with Crippen LogP contribution in [0.5, 0.6) is 0 Å². The number of fused-ring (bicyclic) bond motifs is 1. The summed E-state index contributed by atoms with van der Waals surface area (Å²) in [6.07, 6.45) is 1.52. The SMILES string of the molecule is CC(Sc1ncnc2ccsc12)C(=O)Nc1ccccc1Cl. The highest BCUT2D eigenvalue weighted by Crippen LogP contribution is 2.32. The summed E-state index contributed by atoms with van der Waals surface area (Å²) >= 11 is 9.05. The second kappa shape index (κ2) is 6.64. The van der Waals surface area contributed by atoms with Crippen molar-refractivity contribution >= 4 is 56.5 Å². The molecular formula is C15H12ClN3OS2. The molecule has 4 nitrogen and oxygen atoms in total. The van der Waals surface area contributed by atoms with Gasteiger partial charge in [0, 0.05) is 0 Å². The van der Waals surface area contributed by atoms with Gasteiger partial charge in [-0.25, -0.2) is 9.97 Å². The molecule has 3 aromatic rings. The molecule has 0 spiro atoms. The zero-order valence-electron chi connectivity index (χ0n) is 11.6. The molecule has 112 valence electrons. The van der Waals surface area contributed by atoms with Gasteiger partial charge in [0.25, 0.3) is 0 Å². The van der Waals surface area contributed by atoms with Crippen LogP contribution in [0.25, 0.3) is 10.2 Å². The van der Waals surface area contributed by atoms with Gasteiger partial charge in [-0.15, -0.1) is 11.3 Å². The summed E-state index contributed by atoms with van der Waals surface area (Å²) in [6.45, 7) is 1.85. The number of para-hydroxylation sites is 1. The molecule has 2 aromatic heterocycles. The number of nitrogens with one attached hydrogen (secondary N) is 1. The van der Waals surface area contributed by atoms with Crippen LogP contribution >= 0.6 is 34.7 Å². The lowest BCUT2D eigenvalue weighted by Gasteiger charge is -2.12. The van der Waals surface area contributed by atoms with Crippen LogP contribution in [0.2, 0.25) is 5.02 Å². The van der Waals surface area contributed by atoms with Crippen LogP contribution in [0.1, 0.15) is 6.92 Å². The van der Waals surface area contributed by atoms with E-state index in [1.165, 1.54) is 18.1 Å². The van der Waals surface area contributed by atoms with Gasteiger partial charge in [0.1, 0.15) is 11.4 Å². The van der Waals surface area contributed by atoms with E-state index >= 15 is 0 Å². The molecule has 0 bridgehead atoms. The molecule has 2 heterocycles. The van der Waals surface area contributed by atoms with Gasteiger partial charge in [-0.3, -0.25) is 4.79 Å². The average Bonchev–Trinajstić information content (AvgIpc) is 2.99. The fourth-order valence-corrected chi connectivity index (χ4v) is 3.89. The highest BCUT2D eigenvalue weighted by atomic mass is 35.5. The number of hydrogen-bond acceptors (Lipinski definition) is 5. The first-order chi connectivity index (χ1) is 10.6. The lowest BCUT2D eigenvalue weighted by Crippen LogP contribution is -2.22. The van der Waals surface area contributed by atoms with Gasteiger partial charge in [0.15, 0.2) is 0 Å². The summed E-state index contributed by atoms with van der Waals surface area (Å²) in [5, 5.41) is 5.86. The van der Waals surface area contributed by atoms with Crippen LogP contribution in [0, 0.1) is 0 Å². The van der Waals surface area contributed by atoms with Crippen molar-refractivity contribution in [1.29, 1.82) is 0 Å². The predicted molar refractivity (Wildman–Crippen MR) is 92.8 cm³/mol. The Hall–Kier alpha value is -1.63. The molecule has 0 saturated heterocycles. The molecule has 1 aromatic carbocycles. The van der Waals surface area contributed by atoms with Gasteiger partial charge in [0.05, 0.1) is 26.2 Å². The molecule has 0 radical (unpaired) electrons. The molecule has 0 aliphatic carbocycles. The lowest BCUT2D eigenvalue weighted by molar-refractivity contribution is -0.115. The van der Waals surface area contributed by atoms with Gasteiger partial charge in [-0.1, -0.05) is 35.5 Å². The summed E-state index contributed by atoms with van der Waals surface area (Å²) in [7, 11) is 0. The number of carbonyl (C=O) groups excluding carboxylic acids is 1. The summed E-state index contributed by atoms with van der Waals surface area (Å²) in [4.78, 5) is 20.8. The number of thiophene rings is 1. The van der Waals surface area contributed by atoms with Gasteiger partial charge in [-0.05, 0) is 30.5 Å². The van der Waals surface area contributed by atoms with Crippen LogP contribution < -0.4 is 5.32 Å². The van der Waals surface area contributed by atoms with E-state index in [1.54, 1.807) is 23.5 Å². The van der Waals surface area contributed by atoms with Crippen molar-refractivity contribution in [3.8, 4) is 0 Å². The topological polar surface area (TPSA) is 54.9 Å². The number of thioether (sulfide) groups is 1. The lowest BCUT2D eigenvalue weighted by atomic mass is 10.3. The number of halogens is 1. The Morgan fingerprint density at radius 3 is 2.95 bits per heavy atom. The van der Waals surface area contributed by atoms with Crippen LogP contribution in [-0.2, 0) is 4.79 Å². The standard InChI is InChI=1S/C15H12ClN3OS2/c1-9(14(20)19-11-5-3-2-4-10(11)16)22-15-13-12(6-7-21-13)17-8-18-15/h2-9H,1H3,(H,19,20). The van der Waals surface area contributed by atoms with E-state index in [0.717, 1.165) is 15.2 Å². The zero-order chi connectivity index (χ0) is 15.5. The Morgan fingerprint density at radius 2 is 2.14 bits per heavy atom. The molecular weight excluding hydrogens is 338 g/mol. The van der Waals surface area contributed by atoms with Crippen molar-refractivity contribution in [3.63, 3.8) is 0 Å². The van der Waals surface area contributed by atoms with Crippen molar-refractivity contribution in [2.45, 2.75) is 17.2 Å². The van der Waals surface area contributed by atoms with Gasteiger partial charge >= 0.3 is 0 Å². The van der Waals surface area contributed by atoms with E-state index in [9.17, 15) is 4.79 Å². The minimum atomic E-state index is -0.295. The van der Waals surface area contributed by atoms with Gasteiger partial charge in [0.2, 0.25) is 5.91 Å². The van der Waals surface area contributed by atoms with Crippen molar-refractivity contribution < 1.29 is 4.79 Å². The molecule has 0 aliphatic heterocycles. The highest BCUT2D eigenvalue weighted by molar-refractivity contribution is 8.00. The third-order valence-electron chi connectivity index (χ3n) is 3.00. The summed E-state index contributed by atoms with van der Waals surface area (Å²) in [6, 6.07) is 9.12. The normalized spacial score (nSPS) is 12.3. The molecule has 1 atom stereocenters. The third kappa shape index (κ3) is 3.24. The number of carbonyl (C=O) groups is 1. The van der Waals surface area contributed by atoms with Crippen LogP contribution in [0.3, 0.4) is 0 Å². The van der Waals surface area contributed by atoms with Crippen LogP contribution in [0.15, 0.2) is 47.1 Å². The Labute approximate surface area is 140 Å². The minimum absolute atomic E-state index is 0.110. The van der Waals surface area contributed by atoms with E-state index in [1.807, 2.05) is 30.5 Å². The number of amides is 1. The van der Waals surface area contributed by atoms with E-state index in [4.69, 9.17) is 11.6 Å². The second-order valence-corrected chi connectivity index (χ2v) is 7.20. The van der Waals surface area contributed by atoms with Crippen molar-refractivity contribution in [1.82, 2.24) is 9.97 Å². The molecule has 1 amide bonds. The molecule has 22 heavy (non-hydrogen) atoms. The average molecular weight is 350 g/mol. The van der Waals surface area contributed by atoms with Gasteiger partial charge < -0.3 is 5.32 Å². The quantitative estimate of drug-likeness (QED) is 0.558. The first-order valence-electron chi connectivity index (χ1n) is 6.55. The molecule has 3 rings (SSSR count). The Morgan fingerprint density at radius 1 is 1.32 bits per heavy atom. The first kappa shape index (κ1) is 15.3. The smallest absolute Gasteiger partial charge is 0.237 e. The van der Waals surface area contributed by atoms with Crippen LogP contribution in [0.4, 0.5) is 5.69 Å². The van der Waals surface area contributed by atoms with Crippen molar-refractivity contribution in [3.05, 3.63) is 47.1 Å². The van der Waals surface area contributed by atoms with Crippen LogP contribution in [-0.4, -0.2) is 21.1 Å². The number of aromatic nitrogens is 2. The Kier molecular flexibility index (Phi) is 4.61. The van der Waals surface area contributed by atoms with E-state index < -0.39 is 0 Å². The fraction of sp³-hybridized carbons (Fsp3) is 0.133. The largest absolute Gasteiger partial charge is 0.324 e. The first-order valence-corrected chi connectivity index (χ1v) is 8.69. The molecule has 1 unspecified atom stereocenters. The number of rotatable bonds is 4. The van der Waals surface area contributed by atoms with E-state index in [0.29, 0.717) is 10.7 Å². The summed E-state index contributed by atoms with van der Waals surface area (Å²) in [5.74, 6) is -0.110. The molecule has 0 fully saturated rings. The van der Waals surface area contributed by atoms with Gasteiger partial charge in [-0.2, -0.15) is 0 Å². The molecule has 0 aliphatic rings. The Bertz CT molecular complexity index is 821. The Balaban J connectivity index is 1.74. The minimum Gasteiger partial charge on any atom is -0.324 e. The molecule has 1 N–H and O–H groups in total. The maximum Gasteiger partial charge on any atom is 0.237 e. The van der Waals surface area contributed by atoms with E-state index in [-0.39, 0.29) is 11.2 Å². The maximum absolute atomic E-state index is 12.3. The highest BCUT2D eigenvalue weighted by Gasteiger charge is 2.18. The monoisotopic (exact) mass is 349 g/mol. The number of nitrogens with zero attached hydrogens (tertiary/aromatic N) is 2. The molecule has 0 saturated carbocycles. The number of benzene rings is 1.